The van der Waals surface area contributed by atoms with Crippen LogP contribution in [0.1, 0.15) is 46.0 Å². The van der Waals surface area contributed by atoms with Gasteiger partial charge in [0.05, 0.1) is 0 Å². The van der Waals surface area contributed by atoms with Crippen molar-refractivity contribution < 1.29 is 4.58 Å². The van der Waals surface area contributed by atoms with Crippen molar-refractivity contribution >= 4 is 6.21 Å². The second-order valence-electron chi connectivity index (χ2n) is 4.84. The van der Waals surface area contributed by atoms with E-state index in [-0.39, 0.29) is 0 Å². The fourth-order valence-corrected chi connectivity index (χ4v) is 1.74. The molecule has 0 saturated heterocycles. The molecule has 1 rings (SSSR count). The van der Waals surface area contributed by atoms with Gasteiger partial charge in [0.25, 0.3) is 0 Å². The lowest BCUT2D eigenvalue weighted by molar-refractivity contribution is -0.494. The van der Waals surface area contributed by atoms with Gasteiger partial charge in [-0.25, -0.2) is 4.58 Å². The van der Waals surface area contributed by atoms with Crippen molar-refractivity contribution in [1.29, 1.82) is 0 Å². The van der Waals surface area contributed by atoms with E-state index in [2.05, 4.69) is 31.7 Å². The van der Waals surface area contributed by atoms with Gasteiger partial charge >= 0.3 is 0 Å². The Morgan fingerprint density at radius 2 is 1.92 bits per heavy atom. The van der Waals surface area contributed by atoms with E-state index in [0.717, 1.165) is 0 Å². The lowest BCUT2D eigenvalue weighted by atomic mass is 9.84. The predicted molar refractivity (Wildman–Crippen MR) is 54.0 cm³/mol. The highest BCUT2D eigenvalue weighted by Crippen LogP contribution is 2.27. The molecule has 12 heavy (non-hydrogen) atoms. The summed E-state index contributed by atoms with van der Waals surface area (Å²) >= 11 is 0. The molecule has 1 heterocycles. The third-order valence-corrected chi connectivity index (χ3v) is 2.82. The minimum atomic E-state index is 0.526. The van der Waals surface area contributed by atoms with E-state index in [9.17, 15) is 0 Å². The second kappa shape index (κ2) is 4.06. The summed E-state index contributed by atoms with van der Waals surface area (Å²) in [5, 5.41) is 0. The molecule has 0 unspecified atom stereocenters. The van der Waals surface area contributed by atoms with E-state index in [0.29, 0.717) is 5.41 Å². The summed E-state index contributed by atoms with van der Waals surface area (Å²) < 4.78 is 2.35. The Morgan fingerprint density at radius 3 is 2.67 bits per heavy atom. The molecule has 1 heteroatoms. The monoisotopic (exact) mass is 168 g/mol. The van der Waals surface area contributed by atoms with Gasteiger partial charge in [-0.2, -0.15) is 0 Å². The van der Waals surface area contributed by atoms with Crippen LogP contribution >= 0.6 is 0 Å². The molecule has 0 bridgehead atoms. The molecule has 0 saturated carbocycles. The largest absolute Gasteiger partial charge is 0.242 e. The van der Waals surface area contributed by atoms with Gasteiger partial charge in [-0.15, -0.1) is 0 Å². The Balaban J connectivity index is 2.55. The summed E-state index contributed by atoms with van der Waals surface area (Å²) in [6.45, 7) is 6.00. The molecule has 0 aromatic rings. The molecule has 0 radical (unpaired) electrons. The van der Waals surface area contributed by atoms with Gasteiger partial charge < -0.3 is 0 Å². The molecular formula is C11H22N+. The van der Waals surface area contributed by atoms with Crippen molar-refractivity contribution in [2.45, 2.75) is 46.0 Å². The van der Waals surface area contributed by atoms with Crippen molar-refractivity contribution in [2.75, 3.05) is 13.6 Å². The van der Waals surface area contributed by atoms with Crippen LogP contribution in [0.4, 0.5) is 0 Å². The highest BCUT2D eigenvalue weighted by atomic mass is 14.9. The lowest BCUT2D eigenvalue weighted by Crippen LogP contribution is -2.15. The summed E-state index contributed by atoms with van der Waals surface area (Å²) in [7, 11) is 2.20. The van der Waals surface area contributed by atoms with E-state index in [1.165, 1.54) is 38.6 Å². The number of rotatable bonds is 0. The maximum absolute atomic E-state index is 2.38. The van der Waals surface area contributed by atoms with Gasteiger partial charge in [-0.05, 0) is 18.3 Å². The van der Waals surface area contributed by atoms with Crippen LogP contribution in [0.15, 0.2) is 0 Å². The Bertz CT molecular complexity index is 168. The second-order valence-corrected chi connectivity index (χ2v) is 4.84. The molecule has 0 N–H and O–H groups in total. The zero-order chi connectivity index (χ0) is 9.03. The Morgan fingerprint density at radius 1 is 1.17 bits per heavy atom. The van der Waals surface area contributed by atoms with Gasteiger partial charge in [0.2, 0.25) is 0 Å². The van der Waals surface area contributed by atoms with E-state index in [1.54, 1.807) is 0 Å². The fraction of sp³-hybridized carbons (Fsp3) is 0.909. The first-order valence-corrected chi connectivity index (χ1v) is 5.14. The highest BCUT2D eigenvalue weighted by molar-refractivity contribution is 5.52. The van der Waals surface area contributed by atoms with Crippen molar-refractivity contribution in [2.24, 2.45) is 5.41 Å². The number of hydrogen-bond donors (Lipinski definition) is 0. The minimum absolute atomic E-state index is 0.526. The minimum Gasteiger partial charge on any atom is -0.242 e. The van der Waals surface area contributed by atoms with E-state index in [1.807, 2.05) is 0 Å². The molecule has 0 atom stereocenters. The third kappa shape index (κ3) is 3.38. The first-order valence-electron chi connectivity index (χ1n) is 5.14. The molecule has 0 aliphatic carbocycles. The van der Waals surface area contributed by atoms with Gasteiger partial charge in [0.1, 0.15) is 19.8 Å². The number of hydrogen-bond acceptors (Lipinski definition) is 0. The Kier molecular flexibility index (Phi) is 3.30. The summed E-state index contributed by atoms with van der Waals surface area (Å²) in [5.41, 5.74) is 0.526. The SMILES string of the molecule is C[N+]1=CCC(C)(C)CCCCC1. The van der Waals surface area contributed by atoms with E-state index in [4.69, 9.17) is 0 Å². The number of nitrogens with zero attached hydrogens (tertiary/aromatic N) is 1. The molecule has 0 fully saturated rings. The fourth-order valence-electron chi connectivity index (χ4n) is 1.74. The average molecular weight is 168 g/mol. The zero-order valence-corrected chi connectivity index (χ0v) is 8.77. The quantitative estimate of drug-likeness (QED) is 0.489. The Hall–Kier alpha value is -0.330. The van der Waals surface area contributed by atoms with Crippen molar-refractivity contribution in [3.8, 4) is 0 Å². The molecular weight excluding hydrogens is 146 g/mol. The van der Waals surface area contributed by atoms with Crippen LogP contribution in [0.3, 0.4) is 0 Å². The van der Waals surface area contributed by atoms with Gasteiger partial charge in [-0.1, -0.05) is 20.3 Å². The third-order valence-electron chi connectivity index (χ3n) is 2.82. The smallest absolute Gasteiger partial charge is 0.142 e. The molecule has 0 spiro atoms. The normalized spacial score (nSPS) is 25.1. The van der Waals surface area contributed by atoms with Gasteiger partial charge in [-0.3, -0.25) is 0 Å². The summed E-state index contributed by atoms with van der Waals surface area (Å²) in [6, 6.07) is 0. The van der Waals surface area contributed by atoms with Crippen molar-refractivity contribution in [3.05, 3.63) is 0 Å². The lowest BCUT2D eigenvalue weighted by Gasteiger charge is -2.20. The average Bonchev–Trinajstić information content (AvgIpc) is 2.05. The predicted octanol–water partition coefficient (Wildman–Crippen LogP) is 2.69. The van der Waals surface area contributed by atoms with Crippen LogP contribution in [-0.4, -0.2) is 24.4 Å². The van der Waals surface area contributed by atoms with Crippen LogP contribution in [0.2, 0.25) is 0 Å². The van der Waals surface area contributed by atoms with Crippen LogP contribution in [0.5, 0.6) is 0 Å². The molecule has 70 valence electrons. The Labute approximate surface area is 76.5 Å². The standard InChI is InChI=1S/C11H22N/c1-11(2)7-5-4-6-9-12(3)10-8-11/h10H,4-9H2,1-3H3/q+1. The van der Waals surface area contributed by atoms with Crippen LogP contribution < -0.4 is 0 Å². The maximum Gasteiger partial charge on any atom is 0.142 e. The maximum atomic E-state index is 2.38. The molecule has 1 aliphatic rings. The first kappa shape index (κ1) is 9.76. The summed E-state index contributed by atoms with van der Waals surface area (Å²) in [5.74, 6) is 0. The molecule has 0 aromatic carbocycles. The first-order chi connectivity index (χ1) is 5.60. The van der Waals surface area contributed by atoms with E-state index >= 15 is 0 Å². The van der Waals surface area contributed by atoms with Gasteiger partial charge in [0.15, 0.2) is 0 Å². The summed E-state index contributed by atoms with van der Waals surface area (Å²) in [6.07, 6.45) is 9.17. The van der Waals surface area contributed by atoms with E-state index < -0.39 is 0 Å². The van der Waals surface area contributed by atoms with Crippen LogP contribution in [0, 0.1) is 5.41 Å². The van der Waals surface area contributed by atoms with Crippen LogP contribution in [0.25, 0.3) is 0 Å². The van der Waals surface area contributed by atoms with Crippen LogP contribution in [-0.2, 0) is 0 Å². The topological polar surface area (TPSA) is 3.01 Å². The zero-order valence-electron chi connectivity index (χ0n) is 8.77. The van der Waals surface area contributed by atoms with Crippen molar-refractivity contribution in [3.63, 3.8) is 0 Å². The molecule has 1 aliphatic heterocycles. The summed E-state index contributed by atoms with van der Waals surface area (Å²) in [4.78, 5) is 0. The van der Waals surface area contributed by atoms with Crippen molar-refractivity contribution in [1.82, 2.24) is 0 Å². The molecule has 0 aromatic heterocycles. The molecule has 1 nitrogen and oxygen atoms in total. The van der Waals surface area contributed by atoms with Gasteiger partial charge in [0, 0.05) is 12.8 Å². The highest BCUT2D eigenvalue weighted by Gasteiger charge is 2.18. The molecule has 0 amide bonds.